The van der Waals surface area contributed by atoms with Crippen LogP contribution in [0.5, 0.6) is 0 Å². The van der Waals surface area contributed by atoms with E-state index in [0.717, 1.165) is 92.7 Å². The number of benzene rings is 6. The highest BCUT2D eigenvalue weighted by Crippen LogP contribution is 2.36. The maximum absolute atomic E-state index is 6.31. The highest BCUT2D eigenvalue weighted by atomic mass is 16.3. The normalized spacial score (nSPS) is 23.5. The molecule has 0 radical (unpaired) electrons. The zero-order valence-corrected chi connectivity index (χ0v) is 37.2. The van der Waals surface area contributed by atoms with Gasteiger partial charge in [0.05, 0.1) is 6.17 Å². The van der Waals surface area contributed by atoms with Gasteiger partial charge in [0.15, 0.2) is 0 Å². The topological polar surface area (TPSA) is 86.0 Å². The molecule has 12 rings (SSSR count). The number of hydrogen-bond acceptors (Lipinski definition) is 7. The number of nitrogens with one attached hydrogen (secondary N) is 4. The van der Waals surface area contributed by atoms with Gasteiger partial charge in [0.25, 0.3) is 0 Å². The van der Waals surface area contributed by atoms with Crippen LogP contribution in [-0.2, 0) is 0 Å². The van der Waals surface area contributed by atoms with Gasteiger partial charge < -0.3 is 15.1 Å². The first-order chi connectivity index (χ1) is 33.1. The zero-order chi connectivity index (χ0) is 44.5. The number of rotatable bonds is 9. The molecule has 7 aromatic rings. The number of allylic oxidation sites excluding steroid dienone is 9. The average Bonchev–Trinajstić information content (AvgIpc) is 3.80. The molecule has 6 unspecified atom stereocenters. The molecule has 7 nitrogen and oxygen atoms in total. The van der Waals surface area contributed by atoms with Crippen molar-refractivity contribution in [1.29, 1.82) is 0 Å². The first-order valence-electron chi connectivity index (χ1n) is 23.7. The molecule has 6 atom stereocenters. The van der Waals surface area contributed by atoms with E-state index >= 15 is 0 Å². The van der Waals surface area contributed by atoms with Crippen molar-refractivity contribution in [3.8, 4) is 22.3 Å². The number of hydrogen-bond donors (Lipinski definition) is 4. The quantitative estimate of drug-likeness (QED) is 0.116. The Morgan fingerprint density at radius 2 is 1.27 bits per heavy atom. The van der Waals surface area contributed by atoms with E-state index in [0.29, 0.717) is 0 Å². The van der Waals surface area contributed by atoms with Crippen LogP contribution in [-0.4, -0.2) is 30.2 Å². The number of para-hydroxylation sites is 1. The lowest BCUT2D eigenvalue weighted by atomic mass is 9.89. The van der Waals surface area contributed by atoms with Crippen molar-refractivity contribution < 1.29 is 4.42 Å². The van der Waals surface area contributed by atoms with Gasteiger partial charge in [-0.15, -0.1) is 0 Å². The second kappa shape index (κ2) is 18.0. The van der Waals surface area contributed by atoms with E-state index < -0.39 is 0 Å². The van der Waals surface area contributed by atoms with Crippen molar-refractivity contribution in [3.05, 3.63) is 234 Å². The Balaban J connectivity index is 1.00. The Morgan fingerprint density at radius 1 is 0.522 bits per heavy atom. The van der Waals surface area contributed by atoms with E-state index in [1.165, 1.54) is 22.3 Å². The van der Waals surface area contributed by atoms with Crippen LogP contribution in [0.2, 0.25) is 0 Å². The second-order valence-electron chi connectivity index (χ2n) is 18.1. The maximum atomic E-state index is 6.31. The molecule has 7 heteroatoms. The molecule has 0 saturated carbocycles. The lowest BCUT2D eigenvalue weighted by Crippen LogP contribution is -2.57. The van der Waals surface area contributed by atoms with Crippen LogP contribution in [0.1, 0.15) is 54.1 Å². The van der Waals surface area contributed by atoms with Gasteiger partial charge in [0, 0.05) is 33.7 Å². The predicted octanol–water partition coefficient (Wildman–Crippen LogP) is 12.5. The molecule has 0 bridgehead atoms. The Labute approximate surface area is 391 Å². The third-order valence-electron chi connectivity index (χ3n) is 13.7. The summed E-state index contributed by atoms with van der Waals surface area (Å²) in [5, 5.41) is 17.9. The van der Waals surface area contributed by atoms with Crippen LogP contribution in [0.4, 0.5) is 0 Å². The van der Waals surface area contributed by atoms with Crippen LogP contribution in [0, 0.1) is 11.8 Å². The molecule has 0 fully saturated rings. The summed E-state index contributed by atoms with van der Waals surface area (Å²) in [6, 6.07) is 51.8. The van der Waals surface area contributed by atoms with Gasteiger partial charge in [-0.3, -0.25) is 10.6 Å². The number of fused-ring (bicyclic) bond motifs is 3. The fraction of sp³-hybridized carbons (Fsp3) is 0.167. The van der Waals surface area contributed by atoms with Gasteiger partial charge >= 0.3 is 0 Å². The number of nitrogens with zero attached hydrogens (tertiary/aromatic N) is 2. The molecule has 5 aliphatic rings. The first-order valence-corrected chi connectivity index (χ1v) is 23.7. The van der Waals surface area contributed by atoms with E-state index in [2.05, 4.69) is 215 Å². The molecule has 0 spiro atoms. The molecule has 2 aliphatic heterocycles. The standard InChI is InChI=1S/C60H52N6O/c1-5-17-39(18-6-1)43-25-15-27-46(33-43)57-61-55(41-21-9-3-10-22-41)63-59(65-57)49-35-48(45-31-32-54-52(38-45)51-29-13-14-30-53(51)67-54)36-50(37-49)60-64-56(42-23-11-4-12-24-42)62-58(66-60)47-28-16-26-44(34-47)40-19-7-2-8-20-40/h1-11,13-21,23,25-27,29-38,41,47,55-56,58-59,62-63H,12,22,24,28H2,(H,61,65)(H,64,66). The lowest BCUT2D eigenvalue weighted by Gasteiger charge is -2.37. The van der Waals surface area contributed by atoms with E-state index in [1.54, 1.807) is 0 Å². The summed E-state index contributed by atoms with van der Waals surface area (Å²) in [6.07, 6.45) is 25.7. The van der Waals surface area contributed by atoms with Crippen LogP contribution in [0.3, 0.4) is 0 Å². The summed E-state index contributed by atoms with van der Waals surface area (Å²) >= 11 is 0. The van der Waals surface area contributed by atoms with E-state index in [4.69, 9.17) is 14.4 Å². The minimum absolute atomic E-state index is 0.0702. The Kier molecular flexibility index (Phi) is 11.0. The Morgan fingerprint density at radius 3 is 2.12 bits per heavy atom. The summed E-state index contributed by atoms with van der Waals surface area (Å²) in [5.41, 5.74) is 13.2. The average molecular weight is 873 g/mol. The minimum atomic E-state index is -0.363. The van der Waals surface area contributed by atoms with Crippen molar-refractivity contribution in [2.45, 2.75) is 50.3 Å². The van der Waals surface area contributed by atoms with Crippen molar-refractivity contribution in [1.82, 2.24) is 21.3 Å². The summed E-state index contributed by atoms with van der Waals surface area (Å²) in [7, 11) is 0. The molecule has 0 saturated heterocycles. The van der Waals surface area contributed by atoms with Crippen molar-refractivity contribution >= 4 is 39.2 Å². The van der Waals surface area contributed by atoms with Crippen LogP contribution in [0.15, 0.2) is 226 Å². The fourth-order valence-electron chi connectivity index (χ4n) is 10.2. The fourth-order valence-corrected chi connectivity index (χ4v) is 10.2. The van der Waals surface area contributed by atoms with Crippen LogP contribution < -0.4 is 21.3 Å². The molecule has 1 aromatic heterocycles. The second-order valence-corrected chi connectivity index (χ2v) is 18.1. The minimum Gasteiger partial charge on any atom is -0.456 e. The predicted molar refractivity (Wildman–Crippen MR) is 275 cm³/mol. The van der Waals surface area contributed by atoms with Crippen LogP contribution >= 0.6 is 0 Å². The van der Waals surface area contributed by atoms with Crippen molar-refractivity contribution in [3.63, 3.8) is 0 Å². The number of furan rings is 1. The molecule has 0 amide bonds. The van der Waals surface area contributed by atoms with Gasteiger partial charge in [-0.05, 0) is 113 Å². The summed E-state index contributed by atoms with van der Waals surface area (Å²) in [5.74, 6) is 2.12. The first kappa shape index (κ1) is 40.9. The monoisotopic (exact) mass is 872 g/mol. The smallest absolute Gasteiger partial charge is 0.135 e. The Bertz CT molecular complexity index is 3240. The maximum Gasteiger partial charge on any atom is 0.135 e. The molecule has 4 N–H and O–H groups in total. The number of amidine groups is 2. The highest BCUT2D eigenvalue weighted by Gasteiger charge is 2.33. The van der Waals surface area contributed by atoms with E-state index in [-0.39, 0.29) is 36.5 Å². The highest BCUT2D eigenvalue weighted by molar-refractivity contribution is 6.07. The Hall–Kier alpha value is -7.58. The third-order valence-corrected chi connectivity index (χ3v) is 13.7. The molecule has 3 heterocycles. The van der Waals surface area contributed by atoms with Gasteiger partial charge in [0.1, 0.15) is 41.3 Å². The van der Waals surface area contributed by atoms with Crippen molar-refractivity contribution in [2.24, 2.45) is 21.8 Å². The zero-order valence-electron chi connectivity index (χ0n) is 37.2. The number of aliphatic imine (C=N–C) groups is 2. The van der Waals surface area contributed by atoms with Gasteiger partial charge in [0.2, 0.25) is 0 Å². The van der Waals surface area contributed by atoms with E-state index in [1.807, 2.05) is 12.1 Å². The summed E-state index contributed by atoms with van der Waals surface area (Å²) in [6.45, 7) is 0. The molecular formula is C60H52N6O. The molecule has 328 valence electrons. The SMILES string of the molecule is C1=CCCC(C2NC(c3cc(-c4ccc5oc6ccccc6c5c4)cc(C4N=C(c5cccc(-c6ccccc6)c5)NC(C5C=CC=CC5)N4)c3)=NC(C3C=C(c4ccccc4)C=CC3)N2)=C1. The van der Waals surface area contributed by atoms with Crippen LogP contribution in [0.25, 0.3) is 49.8 Å². The molecule has 3 aliphatic carbocycles. The van der Waals surface area contributed by atoms with Gasteiger partial charge in [-0.1, -0.05) is 164 Å². The van der Waals surface area contributed by atoms with Gasteiger partial charge in [-0.2, -0.15) is 0 Å². The lowest BCUT2D eigenvalue weighted by molar-refractivity contribution is 0.328. The summed E-state index contributed by atoms with van der Waals surface area (Å²) in [4.78, 5) is 11.2. The largest absolute Gasteiger partial charge is 0.456 e. The third kappa shape index (κ3) is 8.44. The molecule has 6 aromatic carbocycles. The van der Waals surface area contributed by atoms with E-state index in [9.17, 15) is 0 Å². The summed E-state index contributed by atoms with van der Waals surface area (Å²) < 4.78 is 6.31. The molecular weight excluding hydrogens is 821 g/mol. The van der Waals surface area contributed by atoms with Crippen molar-refractivity contribution in [2.75, 3.05) is 0 Å². The molecule has 67 heavy (non-hydrogen) atoms. The van der Waals surface area contributed by atoms with Gasteiger partial charge in [-0.25, -0.2) is 9.98 Å².